The molecule has 1 atom stereocenters. The van der Waals surface area contributed by atoms with Crippen molar-refractivity contribution in [1.29, 1.82) is 0 Å². The van der Waals surface area contributed by atoms with Crippen molar-refractivity contribution in [3.8, 4) is 5.19 Å². The van der Waals surface area contributed by atoms with Gasteiger partial charge in [0.15, 0.2) is 5.82 Å². The molecule has 4 heterocycles. The molecule has 2 aliphatic rings. The molecule has 3 aromatic rings. The van der Waals surface area contributed by atoms with Gasteiger partial charge in [-0.1, -0.05) is 30.3 Å². The number of anilines is 1. The Kier molecular flexibility index (Phi) is 5.19. The van der Waals surface area contributed by atoms with Gasteiger partial charge in [0, 0.05) is 19.0 Å². The van der Waals surface area contributed by atoms with Gasteiger partial charge in [-0.15, -0.1) is 0 Å². The fraction of sp³-hybridized carbons (Fsp3) is 0.600. The van der Waals surface area contributed by atoms with Gasteiger partial charge in [-0.2, -0.15) is 4.98 Å². The Balaban J connectivity index is 1.26. The van der Waals surface area contributed by atoms with Crippen LogP contribution in [0.1, 0.15) is 51.3 Å². The van der Waals surface area contributed by atoms with Gasteiger partial charge in [0.1, 0.15) is 21.1 Å². The van der Waals surface area contributed by atoms with Crippen LogP contribution in [0.15, 0.2) is 21.3 Å². The molecule has 0 bridgehead atoms. The van der Waals surface area contributed by atoms with Crippen molar-refractivity contribution < 1.29 is 9.26 Å². The van der Waals surface area contributed by atoms with Gasteiger partial charge in [0.25, 0.3) is 5.19 Å². The van der Waals surface area contributed by atoms with Crippen LogP contribution in [0.25, 0.3) is 10.3 Å². The zero-order chi connectivity index (χ0) is 20.0. The van der Waals surface area contributed by atoms with Crippen molar-refractivity contribution in [3.63, 3.8) is 0 Å². The van der Waals surface area contributed by atoms with Crippen LogP contribution in [0.4, 0.5) is 6.01 Å². The highest BCUT2D eigenvalue weighted by Gasteiger charge is 2.40. The number of ether oxygens (including phenoxy) is 1. The third-order valence-electron chi connectivity index (χ3n) is 5.75. The molecule has 1 unspecified atom stereocenters. The molecule has 2 fully saturated rings. The number of halogens is 1. The molecule has 0 aromatic carbocycles. The minimum absolute atomic E-state index is 0.232. The van der Waals surface area contributed by atoms with Crippen molar-refractivity contribution in [2.24, 2.45) is 11.8 Å². The van der Waals surface area contributed by atoms with Crippen molar-refractivity contribution in [2.45, 2.75) is 51.6 Å². The molecule has 29 heavy (non-hydrogen) atoms. The maximum absolute atomic E-state index is 6.46. The molecule has 5 rings (SSSR count). The van der Waals surface area contributed by atoms with Gasteiger partial charge in [0.2, 0.25) is 0 Å². The minimum atomic E-state index is 0.232. The molecule has 1 aliphatic heterocycles. The van der Waals surface area contributed by atoms with E-state index in [1.165, 1.54) is 24.2 Å². The fourth-order valence-electron chi connectivity index (χ4n) is 3.95. The smallest absolute Gasteiger partial charge is 0.324 e. The number of pyridine rings is 1. The first kappa shape index (κ1) is 19.2. The maximum Gasteiger partial charge on any atom is 0.324 e. The van der Waals surface area contributed by atoms with E-state index < -0.39 is 0 Å². The van der Waals surface area contributed by atoms with Crippen molar-refractivity contribution >= 4 is 43.6 Å². The van der Waals surface area contributed by atoms with Gasteiger partial charge in [-0.3, -0.25) is 0 Å². The van der Waals surface area contributed by atoms with Crippen LogP contribution in [0.5, 0.6) is 5.19 Å². The third kappa shape index (κ3) is 4.12. The number of thiazole rings is 1. The third-order valence-corrected chi connectivity index (χ3v) is 7.05. The van der Waals surface area contributed by atoms with Crippen LogP contribution in [0.2, 0.25) is 0 Å². The second kappa shape index (κ2) is 7.83. The van der Waals surface area contributed by atoms with E-state index in [4.69, 9.17) is 9.26 Å². The molecule has 154 valence electrons. The Bertz CT molecular complexity index is 994. The van der Waals surface area contributed by atoms with E-state index in [0.29, 0.717) is 17.9 Å². The Labute approximate surface area is 182 Å². The van der Waals surface area contributed by atoms with E-state index in [9.17, 15) is 0 Å². The number of hydrogen-bond acceptors (Lipinski definition) is 8. The summed E-state index contributed by atoms with van der Waals surface area (Å²) in [6, 6.07) is 4.55. The summed E-state index contributed by atoms with van der Waals surface area (Å²) in [4.78, 5) is 16.8. The Morgan fingerprint density at radius 2 is 1.86 bits per heavy atom. The number of fused-ring (bicyclic) bond motifs is 1. The summed E-state index contributed by atoms with van der Waals surface area (Å²) in [7, 11) is 0. The van der Waals surface area contributed by atoms with Gasteiger partial charge in [0.05, 0.1) is 0 Å². The van der Waals surface area contributed by atoms with Crippen LogP contribution >= 0.6 is 27.3 Å². The zero-order valence-electron chi connectivity index (χ0n) is 16.5. The summed E-state index contributed by atoms with van der Waals surface area (Å²) in [5.41, 5.74) is 0.898. The molecule has 0 spiro atoms. The standard InChI is InChI=1S/C20H24BrN5O2S/c1-11(2)17-24-19(28-25-17)26-9-7-13(8-10-26)16(12-3-4-12)27-20-22-14-5-6-15(21)23-18(14)29-20/h5-6,11-13,16H,3-4,7-10H2,1-2H3. The van der Waals surface area contributed by atoms with Crippen LogP contribution in [0, 0.1) is 11.8 Å². The predicted octanol–water partition coefficient (Wildman–Crippen LogP) is 5.03. The number of hydrogen-bond donors (Lipinski definition) is 0. The molecule has 7 nitrogen and oxygen atoms in total. The summed E-state index contributed by atoms with van der Waals surface area (Å²) >= 11 is 4.96. The predicted molar refractivity (Wildman–Crippen MR) is 116 cm³/mol. The molecule has 0 radical (unpaired) electrons. The van der Waals surface area contributed by atoms with Gasteiger partial charge >= 0.3 is 6.01 Å². The highest BCUT2D eigenvalue weighted by atomic mass is 79.9. The average molecular weight is 478 g/mol. The largest absolute Gasteiger partial charge is 0.466 e. The monoisotopic (exact) mass is 477 g/mol. The number of nitrogens with zero attached hydrogens (tertiary/aromatic N) is 5. The molecule has 0 amide bonds. The normalized spacial score (nSPS) is 19.2. The molecule has 1 saturated carbocycles. The first-order valence-electron chi connectivity index (χ1n) is 10.2. The topological polar surface area (TPSA) is 77.2 Å². The van der Waals surface area contributed by atoms with Crippen LogP contribution in [-0.2, 0) is 0 Å². The van der Waals surface area contributed by atoms with E-state index in [2.05, 4.69) is 54.8 Å². The summed E-state index contributed by atoms with van der Waals surface area (Å²) in [6.07, 6.45) is 4.86. The van der Waals surface area contributed by atoms with Crippen LogP contribution in [-0.4, -0.2) is 39.3 Å². The first-order valence-corrected chi connectivity index (χ1v) is 11.9. The van der Waals surface area contributed by atoms with E-state index in [1.54, 1.807) is 0 Å². The molecule has 0 N–H and O–H groups in total. The quantitative estimate of drug-likeness (QED) is 0.460. The molecular weight excluding hydrogens is 454 g/mol. The first-order chi connectivity index (χ1) is 14.1. The summed E-state index contributed by atoms with van der Waals surface area (Å²) in [5.74, 6) is 2.23. The Morgan fingerprint density at radius 1 is 1.10 bits per heavy atom. The van der Waals surface area contributed by atoms with Crippen molar-refractivity contribution in [1.82, 2.24) is 20.1 Å². The lowest BCUT2D eigenvalue weighted by Gasteiger charge is -2.34. The van der Waals surface area contributed by atoms with Crippen molar-refractivity contribution in [2.75, 3.05) is 18.0 Å². The maximum atomic E-state index is 6.46. The minimum Gasteiger partial charge on any atom is -0.466 e. The highest BCUT2D eigenvalue weighted by molar-refractivity contribution is 9.10. The molecule has 1 saturated heterocycles. The SMILES string of the molecule is CC(C)c1noc(N2CCC(C(Oc3nc4ccc(Br)nc4s3)C3CC3)CC2)n1. The molecule has 9 heteroatoms. The lowest BCUT2D eigenvalue weighted by atomic mass is 9.89. The lowest BCUT2D eigenvalue weighted by Crippen LogP contribution is -2.40. The summed E-state index contributed by atoms with van der Waals surface area (Å²) in [5, 5.41) is 4.84. The van der Waals surface area contributed by atoms with Gasteiger partial charge < -0.3 is 14.2 Å². The molecular formula is C20H24BrN5O2S. The average Bonchev–Trinajstić information content (AvgIpc) is 3.28. The highest BCUT2D eigenvalue weighted by Crippen LogP contribution is 2.42. The van der Waals surface area contributed by atoms with Gasteiger partial charge in [-0.05, 0) is 65.6 Å². The van der Waals surface area contributed by atoms with E-state index >= 15 is 0 Å². The van der Waals surface area contributed by atoms with Gasteiger partial charge in [-0.25, -0.2) is 9.97 Å². The second-order valence-corrected chi connectivity index (χ2v) is 10.0. The lowest BCUT2D eigenvalue weighted by molar-refractivity contribution is 0.0955. The van der Waals surface area contributed by atoms with E-state index in [1.807, 2.05) is 12.1 Å². The number of piperidine rings is 1. The second-order valence-electron chi connectivity index (χ2n) is 8.27. The molecule has 3 aromatic heterocycles. The van der Waals surface area contributed by atoms with E-state index in [0.717, 1.165) is 51.9 Å². The van der Waals surface area contributed by atoms with Crippen molar-refractivity contribution in [3.05, 3.63) is 22.6 Å². The summed E-state index contributed by atoms with van der Waals surface area (Å²) in [6.45, 7) is 6.00. The van der Waals surface area contributed by atoms with Crippen LogP contribution in [0.3, 0.4) is 0 Å². The van der Waals surface area contributed by atoms with Crippen LogP contribution < -0.4 is 9.64 Å². The Hall–Kier alpha value is -1.74. The summed E-state index contributed by atoms with van der Waals surface area (Å²) < 4.78 is 12.8. The number of rotatable bonds is 6. The molecule has 1 aliphatic carbocycles. The zero-order valence-corrected chi connectivity index (χ0v) is 18.9. The number of aromatic nitrogens is 4. The Morgan fingerprint density at radius 3 is 2.55 bits per heavy atom. The van der Waals surface area contributed by atoms with E-state index in [-0.39, 0.29) is 12.0 Å². The fourth-order valence-corrected chi connectivity index (χ4v) is 5.21.